The fourth-order valence-corrected chi connectivity index (χ4v) is 1.38. The number of aliphatic hydroxyl groups is 1. The van der Waals surface area contributed by atoms with E-state index in [-0.39, 0.29) is 12.2 Å². The Balaban J connectivity index is 3.18. The lowest BCUT2D eigenvalue weighted by Gasteiger charge is -2.36. The van der Waals surface area contributed by atoms with E-state index in [9.17, 15) is 9.90 Å². The Hall–Kier alpha value is -1.55. The molecule has 88 valence electrons. The van der Waals surface area contributed by atoms with Crippen molar-refractivity contribution in [3.8, 4) is 0 Å². The van der Waals surface area contributed by atoms with Crippen LogP contribution in [0.25, 0.3) is 0 Å². The van der Waals surface area contributed by atoms with Gasteiger partial charge in [0.1, 0.15) is 0 Å². The standard InChI is InChI=1S/C12H17NO3/c1-12(2,8-14)13(3)10-7-5-4-6-9(10)11(15)16/h4-7,14H,8H2,1-3H3,(H,15,16). The number of benzene rings is 1. The molecule has 0 saturated heterocycles. The zero-order valence-corrected chi connectivity index (χ0v) is 9.77. The maximum absolute atomic E-state index is 11.1. The highest BCUT2D eigenvalue weighted by Gasteiger charge is 2.25. The van der Waals surface area contributed by atoms with Crippen LogP contribution in [0.1, 0.15) is 24.2 Å². The number of aromatic carboxylic acids is 1. The van der Waals surface area contributed by atoms with Gasteiger partial charge in [0.15, 0.2) is 0 Å². The molecule has 1 aromatic carbocycles. The molecule has 0 atom stereocenters. The Morgan fingerprint density at radius 1 is 1.38 bits per heavy atom. The lowest BCUT2D eigenvalue weighted by molar-refractivity contribution is 0.0697. The van der Waals surface area contributed by atoms with Gasteiger partial charge >= 0.3 is 5.97 Å². The van der Waals surface area contributed by atoms with Gasteiger partial charge < -0.3 is 15.1 Å². The molecule has 0 spiro atoms. The van der Waals surface area contributed by atoms with Gasteiger partial charge in [-0.15, -0.1) is 0 Å². The molecule has 4 heteroatoms. The molecule has 0 unspecified atom stereocenters. The molecule has 0 aliphatic rings. The van der Waals surface area contributed by atoms with Crippen LogP contribution >= 0.6 is 0 Å². The van der Waals surface area contributed by atoms with Gasteiger partial charge in [0.05, 0.1) is 23.4 Å². The van der Waals surface area contributed by atoms with E-state index in [4.69, 9.17) is 5.11 Å². The highest BCUT2D eigenvalue weighted by Crippen LogP contribution is 2.25. The van der Waals surface area contributed by atoms with Crippen molar-refractivity contribution in [2.24, 2.45) is 0 Å². The second-order valence-corrected chi connectivity index (χ2v) is 4.35. The zero-order valence-electron chi connectivity index (χ0n) is 9.77. The van der Waals surface area contributed by atoms with Gasteiger partial charge in [-0.1, -0.05) is 12.1 Å². The molecule has 0 aromatic heterocycles. The molecule has 0 fully saturated rings. The summed E-state index contributed by atoms with van der Waals surface area (Å²) in [6, 6.07) is 6.76. The zero-order chi connectivity index (χ0) is 12.3. The average Bonchev–Trinajstić information content (AvgIpc) is 2.28. The van der Waals surface area contributed by atoms with Crippen molar-refractivity contribution in [1.82, 2.24) is 0 Å². The number of anilines is 1. The summed E-state index contributed by atoms with van der Waals surface area (Å²) in [7, 11) is 1.78. The van der Waals surface area contributed by atoms with Crippen molar-refractivity contribution in [2.45, 2.75) is 19.4 Å². The maximum atomic E-state index is 11.1. The molecule has 16 heavy (non-hydrogen) atoms. The normalized spacial score (nSPS) is 11.2. The topological polar surface area (TPSA) is 60.8 Å². The number of likely N-dealkylation sites (N-methyl/N-ethyl adjacent to an activating group) is 1. The summed E-state index contributed by atoms with van der Waals surface area (Å²) >= 11 is 0. The molecule has 4 nitrogen and oxygen atoms in total. The Morgan fingerprint density at radius 2 is 1.94 bits per heavy atom. The minimum Gasteiger partial charge on any atom is -0.478 e. The minimum absolute atomic E-state index is 0.0442. The molecule has 0 aliphatic heterocycles. The van der Waals surface area contributed by atoms with Crippen LogP contribution in [-0.4, -0.2) is 35.4 Å². The minimum atomic E-state index is -0.962. The predicted octanol–water partition coefficient (Wildman–Crippen LogP) is 1.59. The summed E-state index contributed by atoms with van der Waals surface area (Å²) in [5.41, 5.74) is 0.353. The van der Waals surface area contributed by atoms with Crippen LogP contribution in [0.3, 0.4) is 0 Å². The van der Waals surface area contributed by atoms with Crippen molar-refractivity contribution in [3.63, 3.8) is 0 Å². The SMILES string of the molecule is CN(c1ccccc1C(=O)O)C(C)(C)CO. The fraction of sp³-hybridized carbons (Fsp3) is 0.417. The van der Waals surface area contributed by atoms with Crippen LogP contribution < -0.4 is 4.90 Å². The number of hydrogen-bond donors (Lipinski definition) is 2. The molecule has 0 heterocycles. The van der Waals surface area contributed by atoms with Crippen molar-refractivity contribution in [3.05, 3.63) is 29.8 Å². The van der Waals surface area contributed by atoms with Gasteiger partial charge in [0.2, 0.25) is 0 Å². The third-order valence-electron chi connectivity index (χ3n) is 2.79. The van der Waals surface area contributed by atoms with Crippen molar-refractivity contribution in [2.75, 3.05) is 18.6 Å². The van der Waals surface area contributed by atoms with Crippen LogP contribution in [-0.2, 0) is 0 Å². The number of aliphatic hydroxyl groups excluding tert-OH is 1. The lowest BCUT2D eigenvalue weighted by Crippen LogP contribution is -2.45. The smallest absolute Gasteiger partial charge is 0.337 e. The summed E-state index contributed by atoms with van der Waals surface area (Å²) in [4.78, 5) is 12.8. The summed E-state index contributed by atoms with van der Waals surface area (Å²) in [6.45, 7) is 3.66. The fourth-order valence-electron chi connectivity index (χ4n) is 1.38. The molecule has 0 amide bonds. The molecule has 0 bridgehead atoms. The van der Waals surface area contributed by atoms with Gasteiger partial charge in [0.25, 0.3) is 0 Å². The highest BCUT2D eigenvalue weighted by molar-refractivity contribution is 5.94. The molecule has 1 aromatic rings. The van der Waals surface area contributed by atoms with Gasteiger partial charge in [0, 0.05) is 7.05 Å². The number of carboxylic acid groups (broad SMARTS) is 1. The van der Waals surface area contributed by atoms with Crippen LogP contribution in [0.5, 0.6) is 0 Å². The number of rotatable bonds is 4. The summed E-state index contributed by atoms with van der Waals surface area (Å²) in [5.74, 6) is -0.962. The van der Waals surface area contributed by atoms with Crippen molar-refractivity contribution in [1.29, 1.82) is 0 Å². The van der Waals surface area contributed by atoms with Gasteiger partial charge in [-0.2, -0.15) is 0 Å². The Kier molecular flexibility index (Phi) is 3.55. The first-order valence-electron chi connectivity index (χ1n) is 5.07. The summed E-state index contributed by atoms with van der Waals surface area (Å²) in [6.07, 6.45) is 0. The number of hydrogen-bond acceptors (Lipinski definition) is 3. The van der Waals surface area contributed by atoms with E-state index < -0.39 is 11.5 Å². The maximum Gasteiger partial charge on any atom is 0.337 e. The Labute approximate surface area is 95.1 Å². The van der Waals surface area contributed by atoms with E-state index in [0.29, 0.717) is 5.69 Å². The van der Waals surface area contributed by atoms with Crippen LogP contribution in [0.4, 0.5) is 5.69 Å². The number of nitrogens with zero attached hydrogens (tertiary/aromatic N) is 1. The van der Waals surface area contributed by atoms with Crippen LogP contribution in [0, 0.1) is 0 Å². The number of carboxylic acids is 1. The van der Waals surface area contributed by atoms with Gasteiger partial charge in [-0.05, 0) is 26.0 Å². The van der Waals surface area contributed by atoms with E-state index >= 15 is 0 Å². The first-order chi connectivity index (χ1) is 7.40. The molecule has 0 radical (unpaired) electrons. The third-order valence-corrected chi connectivity index (χ3v) is 2.79. The Morgan fingerprint density at radius 3 is 2.44 bits per heavy atom. The van der Waals surface area contributed by atoms with Gasteiger partial charge in [-0.25, -0.2) is 4.79 Å². The summed E-state index contributed by atoms with van der Waals surface area (Å²) in [5, 5.41) is 18.3. The lowest BCUT2D eigenvalue weighted by atomic mass is 10.0. The van der Waals surface area contributed by atoms with Crippen LogP contribution in [0.15, 0.2) is 24.3 Å². The third kappa shape index (κ3) is 2.33. The number of para-hydroxylation sites is 1. The first-order valence-corrected chi connectivity index (χ1v) is 5.07. The van der Waals surface area contributed by atoms with Gasteiger partial charge in [-0.3, -0.25) is 0 Å². The van der Waals surface area contributed by atoms with E-state index in [1.54, 1.807) is 36.2 Å². The summed E-state index contributed by atoms with van der Waals surface area (Å²) < 4.78 is 0. The van der Waals surface area contributed by atoms with Crippen molar-refractivity contribution < 1.29 is 15.0 Å². The second-order valence-electron chi connectivity index (χ2n) is 4.35. The second kappa shape index (κ2) is 4.53. The molecule has 1 rings (SSSR count). The molecular weight excluding hydrogens is 206 g/mol. The monoisotopic (exact) mass is 223 g/mol. The Bertz CT molecular complexity index is 388. The van der Waals surface area contributed by atoms with E-state index in [0.717, 1.165) is 0 Å². The molecular formula is C12H17NO3. The predicted molar refractivity (Wildman–Crippen MR) is 63.0 cm³/mol. The average molecular weight is 223 g/mol. The molecule has 0 saturated carbocycles. The number of carbonyl (C=O) groups is 1. The van der Waals surface area contributed by atoms with E-state index in [1.165, 1.54) is 0 Å². The largest absolute Gasteiger partial charge is 0.478 e. The molecule has 2 N–H and O–H groups in total. The van der Waals surface area contributed by atoms with Crippen molar-refractivity contribution >= 4 is 11.7 Å². The highest BCUT2D eigenvalue weighted by atomic mass is 16.4. The molecule has 0 aliphatic carbocycles. The van der Waals surface area contributed by atoms with Crippen LogP contribution in [0.2, 0.25) is 0 Å². The van der Waals surface area contributed by atoms with E-state index in [1.807, 2.05) is 13.8 Å². The van der Waals surface area contributed by atoms with E-state index in [2.05, 4.69) is 0 Å². The quantitative estimate of drug-likeness (QED) is 0.813. The first kappa shape index (κ1) is 12.5.